The molecule has 10 heteroatoms. The number of ether oxygens (including phenoxy) is 4. The molecule has 4 aliphatic heterocycles. The number of hydrogen-bond acceptors (Lipinski definition) is 9. The first-order chi connectivity index (χ1) is 28.2. The molecule has 2 aromatic carbocycles. The highest BCUT2D eigenvalue weighted by Gasteiger charge is 2.62. The Morgan fingerprint density at radius 2 is 1.66 bits per heavy atom. The van der Waals surface area contributed by atoms with E-state index in [4.69, 9.17) is 27.8 Å². The number of allylic oxidation sites excluding steroid dienone is 5. The quantitative estimate of drug-likeness (QED) is 0.173. The van der Waals surface area contributed by atoms with E-state index >= 15 is 0 Å². The average molecular weight is 825 g/mol. The van der Waals surface area contributed by atoms with Gasteiger partial charge in [0.25, 0.3) is 0 Å². The summed E-state index contributed by atoms with van der Waals surface area (Å²) >= 11 is 0. The number of hydrogen-bond donors (Lipinski definition) is 2. The third kappa shape index (κ3) is 8.84. The van der Waals surface area contributed by atoms with E-state index in [0.29, 0.717) is 24.3 Å². The third-order valence-electron chi connectivity index (χ3n) is 13.0. The zero-order valence-electron chi connectivity index (χ0n) is 36.0. The van der Waals surface area contributed by atoms with Gasteiger partial charge in [0.15, 0.2) is 5.79 Å². The predicted octanol–water partition coefficient (Wildman–Crippen LogP) is 7.01. The molecule has 2 bridgehead atoms. The molecule has 0 saturated carbocycles. The van der Waals surface area contributed by atoms with Gasteiger partial charge in [-0.2, -0.15) is 0 Å². The fraction of sp³-hybridized carbons (Fsp3) is 0.531. The molecule has 3 fully saturated rings. The second-order valence-corrected chi connectivity index (χ2v) is 21.1. The standard InChI is InChI=1S/C49H64O9Si/c1-31(2)24-34(5)44-36(7)43(50)29-48(57-44)28-39-27-38(56-48)23-22-33(4)25-32(3)16-15-17-37-30-54-46-45(35(6)26-42(47(51)55-39)49(37,46)52)58-59(53-8,40-18-11-9-12-19-40)41-20-13-10-14-21-41/h9-22,24,26,31-32,36,38-39,42-46,50,52H,23,25,27-30H2,1-8H3/b16-15+,33-22+,34-24+,37-17+/t32-,36-,38+,39-,42-,43?,44+,45+,46+,48-,49+/m0/s1. The van der Waals surface area contributed by atoms with Crippen molar-refractivity contribution in [2.24, 2.45) is 23.7 Å². The van der Waals surface area contributed by atoms with Crippen LogP contribution in [-0.4, -0.2) is 86.5 Å². The van der Waals surface area contributed by atoms with E-state index in [-0.39, 0.29) is 43.5 Å². The summed E-state index contributed by atoms with van der Waals surface area (Å²) in [6.07, 6.45) is 11.0. The number of rotatable bonds is 7. The molecule has 0 radical (unpaired) electrons. The molecule has 4 heterocycles. The van der Waals surface area contributed by atoms with Crippen LogP contribution in [-0.2, 0) is 32.6 Å². The number of aliphatic hydroxyl groups is 2. The lowest BCUT2D eigenvalue weighted by Crippen LogP contribution is -2.68. The number of benzene rings is 2. The van der Waals surface area contributed by atoms with E-state index in [0.717, 1.165) is 27.9 Å². The van der Waals surface area contributed by atoms with E-state index in [1.54, 1.807) is 7.11 Å². The van der Waals surface area contributed by atoms with Gasteiger partial charge in [-0.15, -0.1) is 0 Å². The second-order valence-electron chi connectivity index (χ2n) is 18.1. The third-order valence-corrected chi connectivity index (χ3v) is 16.3. The summed E-state index contributed by atoms with van der Waals surface area (Å²) in [6.45, 7) is 14.7. The molecule has 0 aromatic heterocycles. The zero-order chi connectivity index (χ0) is 42.1. The van der Waals surface area contributed by atoms with Crippen molar-refractivity contribution >= 4 is 24.9 Å². The number of carbonyl (C=O) groups is 1. The minimum absolute atomic E-state index is 0.110. The lowest BCUT2D eigenvalue weighted by molar-refractivity contribution is -0.342. The molecule has 1 spiro atoms. The van der Waals surface area contributed by atoms with Gasteiger partial charge < -0.3 is 38.0 Å². The van der Waals surface area contributed by atoms with Crippen LogP contribution >= 0.6 is 0 Å². The van der Waals surface area contributed by atoms with Gasteiger partial charge in [-0.3, -0.25) is 4.79 Å². The van der Waals surface area contributed by atoms with Gasteiger partial charge in [0.2, 0.25) is 0 Å². The van der Waals surface area contributed by atoms with Crippen molar-refractivity contribution < 1.29 is 42.8 Å². The normalized spacial score (nSPS) is 38.1. The zero-order valence-corrected chi connectivity index (χ0v) is 37.0. The van der Waals surface area contributed by atoms with Gasteiger partial charge in [-0.1, -0.05) is 130 Å². The maximum Gasteiger partial charge on any atom is 0.407 e. The molecule has 0 amide bonds. The Balaban J connectivity index is 1.28. The maximum atomic E-state index is 14.9. The van der Waals surface area contributed by atoms with Crippen molar-refractivity contribution in [3.63, 3.8) is 0 Å². The van der Waals surface area contributed by atoms with Crippen LogP contribution in [0.3, 0.4) is 0 Å². The summed E-state index contributed by atoms with van der Waals surface area (Å²) in [5.74, 6) is -2.44. The highest BCUT2D eigenvalue weighted by Crippen LogP contribution is 2.49. The Morgan fingerprint density at radius 3 is 2.31 bits per heavy atom. The largest absolute Gasteiger partial charge is 0.462 e. The van der Waals surface area contributed by atoms with Crippen LogP contribution in [0.1, 0.15) is 80.6 Å². The smallest absolute Gasteiger partial charge is 0.407 e. The molecule has 2 N–H and O–H groups in total. The molecule has 11 atom stereocenters. The molecule has 1 unspecified atom stereocenters. The summed E-state index contributed by atoms with van der Waals surface area (Å²) < 4.78 is 40.6. The van der Waals surface area contributed by atoms with Crippen molar-refractivity contribution in [3.8, 4) is 0 Å². The molecule has 9 nitrogen and oxygen atoms in total. The molecule has 3 saturated heterocycles. The molecule has 5 aliphatic rings. The van der Waals surface area contributed by atoms with Crippen LogP contribution in [0.4, 0.5) is 0 Å². The molecule has 59 heavy (non-hydrogen) atoms. The van der Waals surface area contributed by atoms with E-state index in [2.05, 4.69) is 52.8 Å². The van der Waals surface area contributed by atoms with Crippen LogP contribution in [0, 0.1) is 23.7 Å². The summed E-state index contributed by atoms with van der Waals surface area (Å²) in [7, 11) is -1.73. The van der Waals surface area contributed by atoms with Gasteiger partial charge in [-0.05, 0) is 72.5 Å². The van der Waals surface area contributed by atoms with Gasteiger partial charge in [0.05, 0.1) is 31.0 Å². The molecular formula is C49H64O9Si. The summed E-state index contributed by atoms with van der Waals surface area (Å²) in [6, 6.07) is 19.9. The minimum atomic E-state index is -3.40. The van der Waals surface area contributed by atoms with Crippen LogP contribution in [0.25, 0.3) is 0 Å². The van der Waals surface area contributed by atoms with Crippen LogP contribution in [0.15, 0.2) is 119 Å². The number of aliphatic hydroxyl groups excluding tert-OH is 1. The molecule has 2 aromatic rings. The fourth-order valence-electron chi connectivity index (χ4n) is 10.1. The average Bonchev–Trinajstić information content (AvgIpc) is 3.54. The monoisotopic (exact) mass is 824 g/mol. The van der Waals surface area contributed by atoms with E-state index in [1.807, 2.05) is 92.7 Å². The topological polar surface area (TPSA) is 113 Å². The fourth-order valence-corrected chi connectivity index (χ4v) is 13.2. The maximum absolute atomic E-state index is 14.9. The molecular weight excluding hydrogens is 761 g/mol. The first-order valence-corrected chi connectivity index (χ1v) is 23.3. The van der Waals surface area contributed by atoms with E-state index < -0.39 is 56.3 Å². The van der Waals surface area contributed by atoms with Crippen molar-refractivity contribution in [1.82, 2.24) is 0 Å². The van der Waals surface area contributed by atoms with Crippen LogP contribution in [0.5, 0.6) is 0 Å². The summed E-state index contributed by atoms with van der Waals surface area (Å²) in [5, 5.41) is 26.6. The number of carbonyl (C=O) groups excluding carboxylic acids is 1. The van der Waals surface area contributed by atoms with Gasteiger partial charge >= 0.3 is 14.5 Å². The molecule has 7 rings (SSSR count). The first kappa shape index (κ1) is 43.6. The van der Waals surface area contributed by atoms with Crippen molar-refractivity contribution in [1.29, 1.82) is 0 Å². The Labute approximate surface area is 352 Å². The number of esters is 1. The van der Waals surface area contributed by atoms with Crippen molar-refractivity contribution in [2.75, 3.05) is 13.7 Å². The highest BCUT2D eigenvalue weighted by atomic mass is 28.4. The predicted molar refractivity (Wildman–Crippen MR) is 231 cm³/mol. The lowest BCUT2D eigenvalue weighted by atomic mass is 9.71. The van der Waals surface area contributed by atoms with Gasteiger partial charge in [-0.25, -0.2) is 0 Å². The van der Waals surface area contributed by atoms with E-state index in [9.17, 15) is 15.0 Å². The van der Waals surface area contributed by atoms with Crippen molar-refractivity contribution in [2.45, 2.75) is 129 Å². The van der Waals surface area contributed by atoms with Crippen LogP contribution < -0.4 is 10.4 Å². The molecule has 318 valence electrons. The Bertz CT molecular complexity index is 1920. The minimum Gasteiger partial charge on any atom is -0.462 e. The second kappa shape index (κ2) is 17.9. The Hall–Kier alpha value is -3.45. The van der Waals surface area contributed by atoms with Crippen molar-refractivity contribution in [3.05, 3.63) is 119 Å². The van der Waals surface area contributed by atoms with Gasteiger partial charge in [0.1, 0.15) is 23.7 Å². The summed E-state index contributed by atoms with van der Waals surface area (Å²) in [5.41, 5.74) is 1.81. The lowest BCUT2D eigenvalue weighted by Gasteiger charge is -2.51. The van der Waals surface area contributed by atoms with Crippen LogP contribution in [0.2, 0.25) is 0 Å². The Kier molecular flexibility index (Phi) is 13.2. The summed E-state index contributed by atoms with van der Waals surface area (Å²) in [4.78, 5) is 14.9. The Morgan fingerprint density at radius 1 is 0.983 bits per heavy atom. The number of fused-ring (bicyclic) bond motifs is 2. The highest BCUT2D eigenvalue weighted by molar-refractivity contribution is 6.92. The SMILES string of the molecule is CO[Si](O[C@@H]1C(C)=C[C@H]2C(=O)O[C@H]3C[C@@H](C/C=C(\C)C[C@@H](C)/C=C/C=C4\CO[C@H]1[C@@]42O)O[C@@]1(CC(O)[C@H](C)[C@@H](/C(C)=C/C(C)C)O1)C3)(c1ccccc1)c1ccccc1. The van der Waals surface area contributed by atoms with E-state index in [1.165, 1.54) is 5.57 Å². The molecule has 1 aliphatic carbocycles. The van der Waals surface area contributed by atoms with Gasteiger partial charge in [0, 0.05) is 32.3 Å². The first-order valence-electron chi connectivity index (χ1n) is 21.5.